The molecule has 0 amide bonds. The van der Waals surface area contributed by atoms with Gasteiger partial charge in [0, 0.05) is 17.9 Å². The number of pyridine rings is 2. The summed E-state index contributed by atoms with van der Waals surface area (Å²) < 4.78 is 12.2. The number of ether oxygens (including phenoxy) is 2. The summed E-state index contributed by atoms with van der Waals surface area (Å²) in [6.07, 6.45) is 0.0944. The van der Waals surface area contributed by atoms with Gasteiger partial charge in [-0.15, -0.1) is 0 Å². The molecule has 5 rings (SSSR count). The molecule has 0 unspecified atom stereocenters. The van der Waals surface area contributed by atoms with Crippen LogP contribution in [0.4, 0.5) is 0 Å². The lowest BCUT2D eigenvalue weighted by atomic mass is 9.86. The third-order valence-corrected chi connectivity index (χ3v) is 12.8. The van der Waals surface area contributed by atoms with Gasteiger partial charge < -0.3 is 19.1 Å². The number of nitrogens with zero attached hydrogens (tertiary/aromatic N) is 2. The van der Waals surface area contributed by atoms with Crippen molar-refractivity contribution >= 4 is 36.1 Å². The zero-order valence-corrected chi connectivity index (χ0v) is 22.4. The second-order valence-electron chi connectivity index (χ2n) is 10.6. The highest BCUT2D eigenvalue weighted by Gasteiger charge is 2.46. The Bertz CT molecular complexity index is 1520. The number of rotatable bonds is 4. The average Bonchev–Trinajstić information content (AvgIpc) is 3.18. The van der Waals surface area contributed by atoms with Crippen molar-refractivity contribution in [1.82, 2.24) is 9.55 Å². The van der Waals surface area contributed by atoms with Crippen LogP contribution in [-0.2, 0) is 33.1 Å². The predicted molar refractivity (Wildman–Crippen MR) is 138 cm³/mol. The topological polar surface area (TPSA) is 108 Å². The van der Waals surface area contributed by atoms with Gasteiger partial charge in [0.25, 0.3) is 5.56 Å². The number of aromatic nitrogens is 2. The Labute approximate surface area is 209 Å². The minimum atomic E-state index is -2.10. The molecule has 36 heavy (non-hydrogen) atoms. The first-order valence-electron chi connectivity index (χ1n) is 12.2. The van der Waals surface area contributed by atoms with Crippen LogP contribution in [0.25, 0.3) is 22.3 Å². The number of aliphatic hydroxyl groups is 1. The average molecular weight is 507 g/mol. The summed E-state index contributed by atoms with van der Waals surface area (Å²) in [5, 5.41) is 13.3. The Hall–Kier alpha value is -3.30. The largest absolute Gasteiger partial charge is 0.458 e. The van der Waals surface area contributed by atoms with Gasteiger partial charge in [-0.3, -0.25) is 9.59 Å². The Morgan fingerprint density at radius 3 is 2.61 bits per heavy atom. The van der Waals surface area contributed by atoms with Crippen LogP contribution >= 0.6 is 0 Å². The summed E-state index contributed by atoms with van der Waals surface area (Å²) in [5.41, 5.74) is 1.85. The van der Waals surface area contributed by atoms with Gasteiger partial charge in [-0.1, -0.05) is 33.9 Å². The molecule has 2 aliphatic rings. The van der Waals surface area contributed by atoms with E-state index >= 15 is 0 Å². The fourth-order valence-corrected chi connectivity index (χ4v) is 7.76. The maximum atomic E-state index is 13.6. The molecule has 1 aromatic carbocycles. The molecule has 8 nitrogen and oxygen atoms in total. The molecule has 0 aliphatic carbocycles. The number of hydrogen-bond acceptors (Lipinski definition) is 7. The number of carbonyl (C=O) groups excluding carboxylic acids is 2. The van der Waals surface area contributed by atoms with E-state index in [9.17, 15) is 19.5 Å². The first kappa shape index (κ1) is 24.4. The SMILES string of the molecule is CC[C@@]1(O)C(=O)OCc2c1cc1n(c2=O)Cc2c-1nc1ccc(OC(C)=O)cc1c2[Si](C)(C)C(C)C. The smallest absolute Gasteiger partial charge is 0.343 e. The van der Waals surface area contributed by atoms with E-state index in [0.717, 1.165) is 16.5 Å². The zero-order valence-electron chi connectivity index (χ0n) is 21.4. The van der Waals surface area contributed by atoms with Crippen LogP contribution < -0.4 is 15.5 Å². The third kappa shape index (κ3) is 3.36. The van der Waals surface area contributed by atoms with E-state index in [1.807, 2.05) is 12.1 Å². The summed E-state index contributed by atoms with van der Waals surface area (Å²) >= 11 is 0. The molecule has 0 saturated heterocycles. The van der Waals surface area contributed by atoms with E-state index in [4.69, 9.17) is 14.5 Å². The van der Waals surface area contributed by atoms with Crippen LogP contribution in [-0.4, -0.2) is 34.7 Å². The molecule has 4 heterocycles. The first-order valence-corrected chi connectivity index (χ1v) is 15.3. The van der Waals surface area contributed by atoms with Gasteiger partial charge in [-0.05, 0) is 47.0 Å². The van der Waals surface area contributed by atoms with E-state index in [0.29, 0.717) is 40.4 Å². The van der Waals surface area contributed by atoms with Crippen molar-refractivity contribution in [2.24, 2.45) is 0 Å². The lowest BCUT2D eigenvalue weighted by molar-refractivity contribution is -0.172. The Balaban J connectivity index is 1.84. The highest BCUT2D eigenvalue weighted by molar-refractivity contribution is 6.92. The van der Waals surface area contributed by atoms with Gasteiger partial charge in [0.05, 0.1) is 37.1 Å². The van der Waals surface area contributed by atoms with E-state index in [-0.39, 0.29) is 18.6 Å². The minimum Gasteiger partial charge on any atom is -0.458 e. The highest BCUT2D eigenvalue weighted by Crippen LogP contribution is 2.40. The van der Waals surface area contributed by atoms with Crippen molar-refractivity contribution in [2.45, 2.75) is 71.5 Å². The molecule has 0 bridgehead atoms. The molecule has 0 saturated carbocycles. The quantitative estimate of drug-likeness (QED) is 0.257. The van der Waals surface area contributed by atoms with E-state index in [1.54, 1.807) is 23.6 Å². The maximum absolute atomic E-state index is 13.6. The molecule has 1 N–H and O–H groups in total. The predicted octanol–water partition coefficient (Wildman–Crippen LogP) is 3.33. The normalized spacial score (nSPS) is 18.6. The molecule has 9 heteroatoms. The van der Waals surface area contributed by atoms with E-state index in [2.05, 4.69) is 26.9 Å². The number of fused-ring (bicyclic) bond motifs is 5. The summed E-state index contributed by atoms with van der Waals surface area (Å²) in [5.74, 6) is -0.674. The van der Waals surface area contributed by atoms with Crippen LogP contribution in [0.5, 0.6) is 5.75 Å². The number of hydrogen-bond donors (Lipinski definition) is 1. The van der Waals surface area contributed by atoms with Crippen molar-refractivity contribution < 1.29 is 24.2 Å². The molecule has 2 aromatic heterocycles. The monoisotopic (exact) mass is 506 g/mol. The van der Waals surface area contributed by atoms with Crippen molar-refractivity contribution in [3.05, 3.63) is 51.3 Å². The van der Waals surface area contributed by atoms with Crippen LogP contribution in [0.1, 0.15) is 50.8 Å². The molecule has 2 aliphatic heterocycles. The van der Waals surface area contributed by atoms with Crippen molar-refractivity contribution in [1.29, 1.82) is 0 Å². The van der Waals surface area contributed by atoms with Crippen LogP contribution in [0, 0.1) is 0 Å². The molecule has 1 atom stereocenters. The van der Waals surface area contributed by atoms with Crippen LogP contribution in [0.3, 0.4) is 0 Å². The summed E-state index contributed by atoms with van der Waals surface area (Å²) in [7, 11) is -2.10. The molecule has 188 valence electrons. The van der Waals surface area contributed by atoms with Gasteiger partial charge >= 0.3 is 11.9 Å². The second-order valence-corrected chi connectivity index (χ2v) is 15.7. The third-order valence-electron chi connectivity index (χ3n) is 8.01. The molecule has 0 spiro atoms. The van der Waals surface area contributed by atoms with Gasteiger partial charge in [0.15, 0.2) is 5.60 Å². The molecule has 3 aromatic rings. The van der Waals surface area contributed by atoms with Crippen molar-refractivity contribution in [3.63, 3.8) is 0 Å². The number of cyclic esters (lactones) is 1. The lowest BCUT2D eigenvalue weighted by Crippen LogP contribution is -2.47. The van der Waals surface area contributed by atoms with Gasteiger partial charge in [0.1, 0.15) is 12.4 Å². The van der Waals surface area contributed by atoms with E-state index in [1.165, 1.54) is 12.1 Å². The Morgan fingerprint density at radius 2 is 1.97 bits per heavy atom. The number of carbonyl (C=O) groups is 2. The first-order chi connectivity index (χ1) is 16.9. The fourth-order valence-electron chi connectivity index (χ4n) is 5.31. The van der Waals surface area contributed by atoms with Gasteiger partial charge in [0.2, 0.25) is 0 Å². The molecular weight excluding hydrogens is 476 g/mol. The molecule has 0 radical (unpaired) electrons. The maximum Gasteiger partial charge on any atom is 0.343 e. The zero-order chi connectivity index (χ0) is 26.2. The minimum absolute atomic E-state index is 0.0944. The number of benzene rings is 1. The second kappa shape index (κ2) is 8.11. The Kier molecular flexibility index (Phi) is 5.49. The molecular formula is C27H30N2O6Si. The van der Waals surface area contributed by atoms with Gasteiger partial charge in [-0.25, -0.2) is 9.78 Å². The Morgan fingerprint density at radius 1 is 1.25 bits per heavy atom. The summed E-state index contributed by atoms with van der Waals surface area (Å²) in [4.78, 5) is 42.7. The van der Waals surface area contributed by atoms with Gasteiger partial charge in [-0.2, -0.15) is 0 Å². The fraction of sp³-hybridized carbons (Fsp3) is 0.407. The molecule has 0 fully saturated rings. The van der Waals surface area contributed by atoms with Crippen molar-refractivity contribution in [2.75, 3.05) is 0 Å². The standard InChI is InChI=1S/C27H30N2O6Si/c1-7-27(33)20-11-22-23-18(12-29(22)25(31)19(20)13-34-26(27)32)24(36(5,6)14(2)3)17-10-16(35-15(4)30)8-9-21(17)28-23/h8-11,14,33H,7,12-13H2,1-6H3/t27-/m0/s1. The van der Waals surface area contributed by atoms with Crippen molar-refractivity contribution in [3.8, 4) is 17.1 Å². The summed E-state index contributed by atoms with van der Waals surface area (Å²) in [6, 6.07) is 7.17. The van der Waals surface area contributed by atoms with Crippen LogP contribution in [0.15, 0.2) is 29.1 Å². The highest BCUT2D eigenvalue weighted by atomic mass is 28.3. The van der Waals surface area contributed by atoms with E-state index < -0.39 is 25.6 Å². The lowest BCUT2D eigenvalue weighted by Gasteiger charge is -2.31. The van der Waals surface area contributed by atoms with Crippen LogP contribution in [0.2, 0.25) is 18.6 Å². The summed E-state index contributed by atoms with van der Waals surface area (Å²) in [6.45, 7) is 12.2. The number of esters is 2.